The van der Waals surface area contributed by atoms with Gasteiger partial charge in [-0.25, -0.2) is 0 Å². The van der Waals surface area contributed by atoms with Gasteiger partial charge in [0, 0.05) is 37.4 Å². The van der Waals surface area contributed by atoms with Crippen LogP contribution in [-0.2, 0) is 4.79 Å². The van der Waals surface area contributed by atoms with Gasteiger partial charge in [0.2, 0.25) is 5.91 Å². The second-order valence-corrected chi connectivity index (χ2v) is 5.78. The minimum atomic E-state index is 0.172. The van der Waals surface area contributed by atoms with Gasteiger partial charge in [0.25, 0.3) is 0 Å². The summed E-state index contributed by atoms with van der Waals surface area (Å²) in [6, 6.07) is 10.6. The Hall–Kier alpha value is -1.39. The molecular weight excluding hydrogens is 250 g/mol. The van der Waals surface area contributed by atoms with Gasteiger partial charge in [-0.3, -0.25) is 9.69 Å². The Morgan fingerprint density at radius 1 is 1.40 bits per heavy atom. The number of carbonyl (C=O) groups excluding carboxylic acids is 1. The average molecular weight is 275 g/mol. The molecule has 1 atom stereocenters. The first kappa shape index (κ1) is 15.0. The zero-order valence-electron chi connectivity index (χ0n) is 12.7. The van der Waals surface area contributed by atoms with Gasteiger partial charge in [-0.15, -0.1) is 0 Å². The lowest BCUT2D eigenvalue weighted by molar-refractivity contribution is -0.120. The van der Waals surface area contributed by atoms with Gasteiger partial charge in [0.15, 0.2) is 0 Å². The third kappa shape index (κ3) is 3.81. The van der Waals surface area contributed by atoms with Gasteiger partial charge in [0.05, 0.1) is 6.54 Å². The van der Waals surface area contributed by atoms with E-state index in [-0.39, 0.29) is 11.9 Å². The van der Waals surface area contributed by atoms with E-state index in [2.05, 4.69) is 31.0 Å². The molecule has 1 aromatic rings. The Bertz CT molecular complexity index is 433. The Labute approximate surface area is 121 Å². The largest absolute Gasteiger partial charge is 0.312 e. The molecule has 110 valence electrons. The maximum Gasteiger partial charge on any atom is 0.241 e. The van der Waals surface area contributed by atoms with Crippen LogP contribution in [0.5, 0.6) is 0 Å². The number of nitrogens with zero attached hydrogens (tertiary/aromatic N) is 2. The zero-order valence-corrected chi connectivity index (χ0v) is 12.7. The molecule has 1 aliphatic rings. The number of anilines is 1. The van der Waals surface area contributed by atoms with Gasteiger partial charge in [0.1, 0.15) is 0 Å². The van der Waals surface area contributed by atoms with Crippen molar-refractivity contribution >= 4 is 11.6 Å². The number of para-hydroxylation sites is 1. The van der Waals surface area contributed by atoms with Gasteiger partial charge in [-0.2, -0.15) is 0 Å². The number of benzene rings is 1. The minimum Gasteiger partial charge on any atom is -0.312 e. The Morgan fingerprint density at radius 2 is 2.10 bits per heavy atom. The first-order valence-corrected chi connectivity index (χ1v) is 7.40. The molecule has 1 saturated heterocycles. The van der Waals surface area contributed by atoms with Gasteiger partial charge < -0.3 is 10.2 Å². The monoisotopic (exact) mass is 275 g/mol. The molecule has 4 nitrogen and oxygen atoms in total. The quantitative estimate of drug-likeness (QED) is 0.909. The summed E-state index contributed by atoms with van der Waals surface area (Å²) in [5.74, 6) is 0.181. The molecule has 1 N–H and O–H groups in total. The Balaban J connectivity index is 2.04. The molecular formula is C16H25N3O. The Morgan fingerprint density at radius 3 is 2.70 bits per heavy atom. The van der Waals surface area contributed by atoms with Crippen LogP contribution in [0.1, 0.15) is 20.8 Å². The van der Waals surface area contributed by atoms with Crippen LogP contribution in [0.25, 0.3) is 0 Å². The maximum atomic E-state index is 12.6. The lowest BCUT2D eigenvalue weighted by atomic mass is 10.2. The second kappa shape index (κ2) is 6.86. The smallest absolute Gasteiger partial charge is 0.241 e. The van der Waals surface area contributed by atoms with Crippen molar-refractivity contribution in [3.05, 3.63) is 30.3 Å². The van der Waals surface area contributed by atoms with Crippen molar-refractivity contribution in [1.82, 2.24) is 10.2 Å². The molecule has 0 spiro atoms. The summed E-state index contributed by atoms with van der Waals surface area (Å²) in [6.07, 6.45) is 0. The molecule has 1 heterocycles. The standard InChI is InChI=1S/C16H25N3O/c1-13(2)19(15-7-5-4-6-8-15)16(20)12-18-10-9-17-14(3)11-18/h4-8,13-14,17H,9-12H2,1-3H3/t14-/m0/s1. The van der Waals surface area contributed by atoms with E-state index in [0.717, 1.165) is 25.3 Å². The van der Waals surface area contributed by atoms with E-state index in [9.17, 15) is 4.79 Å². The highest BCUT2D eigenvalue weighted by molar-refractivity contribution is 5.95. The summed E-state index contributed by atoms with van der Waals surface area (Å²) in [5, 5.41) is 3.40. The van der Waals surface area contributed by atoms with Crippen molar-refractivity contribution in [1.29, 1.82) is 0 Å². The number of hydrogen-bond donors (Lipinski definition) is 1. The van der Waals surface area contributed by atoms with Crippen LogP contribution in [0.2, 0.25) is 0 Å². The number of hydrogen-bond acceptors (Lipinski definition) is 3. The van der Waals surface area contributed by atoms with Gasteiger partial charge >= 0.3 is 0 Å². The average Bonchev–Trinajstić information content (AvgIpc) is 2.39. The molecule has 1 aromatic carbocycles. The van der Waals surface area contributed by atoms with E-state index in [0.29, 0.717) is 12.6 Å². The van der Waals surface area contributed by atoms with Crippen molar-refractivity contribution in [2.45, 2.75) is 32.9 Å². The van der Waals surface area contributed by atoms with Crippen molar-refractivity contribution in [3.63, 3.8) is 0 Å². The molecule has 0 aliphatic carbocycles. The highest BCUT2D eigenvalue weighted by Crippen LogP contribution is 2.17. The van der Waals surface area contributed by atoms with Gasteiger partial charge in [-0.05, 0) is 32.9 Å². The first-order valence-electron chi connectivity index (χ1n) is 7.40. The number of rotatable bonds is 4. The minimum absolute atomic E-state index is 0.172. The molecule has 4 heteroatoms. The molecule has 1 aliphatic heterocycles. The zero-order chi connectivity index (χ0) is 14.5. The predicted molar refractivity (Wildman–Crippen MR) is 83.0 cm³/mol. The molecule has 0 aromatic heterocycles. The number of piperazine rings is 1. The van der Waals surface area contributed by atoms with Crippen molar-refractivity contribution in [2.75, 3.05) is 31.1 Å². The van der Waals surface area contributed by atoms with Crippen LogP contribution in [-0.4, -0.2) is 49.1 Å². The van der Waals surface area contributed by atoms with E-state index in [4.69, 9.17) is 0 Å². The summed E-state index contributed by atoms with van der Waals surface area (Å²) in [7, 11) is 0. The molecule has 20 heavy (non-hydrogen) atoms. The fourth-order valence-electron chi connectivity index (χ4n) is 2.74. The van der Waals surface area contributed by atoms with Gasteiger partial charge in [-0.1, -0.05) is 18.2 Å². The van der Waals surface area contributed by atoms with E-state index in [1.807, 2.05) is 35.2 Å². The second-order valence-electron chi connectivity index (χ2n) is 5.78. The maximum absolute atomic E-state index is 12.6. The topological polar surface area (TPSA) is 35.6 Å². The predicted octanol–water partition coefficient (Wildman–Crippen LogP) is 1.72. The van der Waals surface area contributed by atoms with Crippen LogP contribution < -0.4 is 10.2 Å². The lowest BCUT2D eigenvalue weighted by Crippen LogP contribution is -2.53. The van der Waals surface area contributed by atoms with Crippen LogP contribution in [0.4, 0.5) is 5.69 Å². The third-order valence-corrected chi connectivity index (χ3v) is 3.63. The molecule has 0 bridgehead atoms. The normalized spacial score (nSPS) is 20.1. The lowest BCUT2D eigenvalue weighted by Gasteiger charge is -2.34. The fraction of sp³-hybridized carbons (Fsp3) is 0.562. The van der Waals surface area contributed by atoms with Crippen molar-refractivity contribution in [2.24, 2.45) is 0 Å². The SMILES string of the molecule is CC(C)N(C(=O)CN1CCN[C@@H](C)C1)c1ccccc1. The highest BCUT2D eigenvalue weighted by atomic mass is 16.2. The molecule has 0 radical (unpaired) electrons. The highest BCUT2D eigenvalue weighted by Gasteiger charge is 2.23. The molecule has 2 rings (SSSR count). The summed E-state index contributed by atoms with van der Waals surface area (Å²) in [5.41, 5.74) is 0.982. The molecule has 0 saturated carbocycles. The molecule has 1 amide bonds. The first-order chi connectivity index (χ1) is 9.58. The van der Waals surface area contributed by atoms with Crippen LogP contribution in [0, 0.1) is 0 Å². The van der Waals surface area contributed by atoms with E-state index in [1.165, 1.54) is 0 Å². The van der Waals surface area contributed by atoms with Crippen LogP contribution in [0.3, 0.4) is 0 Å². The fourth-order valence-corrected chi connectivity index (χ4v) is 2.74. The summed E-state index contributed by atoms with van der Waals surface area (Å²) in [4.78, 5) is 16.8. The number of nitrogens with one attached hydrogen (secondary N) is 1. The van der Waals surface area contributed by atoms with E-state index >= 15 is 0 Å². The van der Waals surface area contributed by atoms with Crippen molar-refractivity contribution < 1.29 is 4.79 Å². The molecule has 0 unspecified atom stereocenters. The van der Waals surface area contributed by atoms with E-state index < -0.39 is 0 Å². The summed E-state index contributed by atoms with van der Waals surface area (Å²) in [6.45, 7) is 9.62. The number of amides is 1. The van der Waals surface area contributed by atoms with E-state index in [1.54, 1.807) is 0 Å². The van der Waals surface area contributed by atoms with Crippen molar-refractivity contribution in [3.8, 4) is 0 Å². The van der Waals surface area contributed by atoms with Crippen LogP contribution in [0.15, 0.2) is 30.3 Å². The summed E-state index contributed by atoms with van der Waals surface area (Å²) >= 11 is 0. The van der Waals surface area contributed by atoms with Crippen LogP contribution >= 0.6 is 0 Å². The Kier molecular flexibility index (Phi) is 5.15. The third-order valence-electron chi connectivity index (χ3n) is 3.63. The molecule has 1 fully saturated rings. The summed E-state index contributed by atoms with van der Waals surface area (Å²) < 4.78 is 0. The number of carbonyl (C=O) groups is 1.